The number of allylic oxidation sites excluding steroid dienone is 4. The molecular weight excluding hydrogens is 522 g/mol. The van der Waals surface area contributed by atoms with E-state index in [1.165, 1.54) is 63.0 Å². The fourth-order valence-electron chi connectivity index (χ4n) is 6.78. The van der Waals surface area contributed by atoms with Gasteiger partial charge in [0.15, 0.2) is 0 Å². The molecule has 1 amide bonds. The molecule has 7 nitrogen and oxygen atoms in total. The summed E-state index contributed by atoms with van der Waals surface area (Å²) in [6, 6.07) is 6.59. The first-order valence-electron chi connectivity index (χ1n) is 13.4. The van der Waals surface area contributed by atoms with Crippen LogP contribution in [0.15, 0.2) is 52.6 Å². The molecule has 9 heteroatoms. The van der Waals surface area contributed by atoms with Gasteiger partial charge in [-0.05, 0) is 65.5 Å². The first kappa shape index (κ1) is 25.7. The van der Waals surface area contributed by atoms with Gasteiger partial charge in [0.2, 0.25) is 0 Å². The van der Waals surface area contributed by atoms with Crippen LogP contribution in [0.5, 0.6) is 5.75 Å². The maximum absolute atomic E-state index is 13.3. The number of ether oxygens (including phenoxy) is 1. The Morgan fingerprint density at radius 2 is 1.97 bits per heavy atom. The summed E-state index contributed by atoms with van der Waals surface area (Å²) in [5.41, 5.74) is 7.06. The molecule has 1 saturated carbocycles. The molecule has 4 aliphatic rings. The van der Waals surface area contributed by atoms with Gasteiger partial charge in [0, 0.05) is 43.5 Å². The molecule has 1 aliphatic heterocycles. The number of carbonyl (C=O) groups is 1. The van der Waals surface area contributed by atoms with Gasteiger partial charge in [-0.2, -0.15) is 12.7 Å². The lowest BCUT2D eigenvalue weighted by atomic mass is 9.77. The highest BCUT2D eigenvalue weighted by molar-refractivity contribution is 7.87. The molecule has 0 saturated heterocycles. The molecule has 1 unspecified atom stereocenters. The highest BCUT2D eigenvalue weighted by Crippen LogP contribution is 2.55. The molecule has 2 atom stereocenters. The summed E-state index contributed by atoms with van der Waals surface area (Å²) in [7, 11) is 0.625. The molecule has 0 radical (unpaired) electrons. The van der Waals surface area contributed by atoms with Crippen LogP contribution in [0.4, 0.5) is 0 Å². The fourth-order valence-corrected chi connectivity index (χ4v) is 7.60. The van der Waals surface area contributed by atoms with Gasteiger partial charge >= 0.3 is 10.2 Å². The molecule has 0 bridgehead atoms. The molecule has 38 heavy (non-hydrogen) atoms. The normalized spacial score (nSPS) is 23.3. The van der Waals surface area contributed by atoms with E-state index in [-0.39, 0.29) is 11.8 Å². The van der Waals surface area contributed by atoms with Crippen LogP contribution in [0.25, 0.3) is 10.9 Å². The predicted octanol–water partition coefficient (Wildman–Crippen LogP) is 5.14. The summed E-state index contributed by atoms with van der Waals surface area (Å²) in [5.74, 6) is 1.44. The van der Waals surface area contributed by atoms with E-state index in [9.17, 15) is 13.2 Å². The number of carbonyl (C=O) groups excluding carboxylic acids is 1. The number of methoxy groups -OCH3 is 1. The van der Waals surface area contributed by atoms with Crippen molar-refractivity contribution in [3.05, 3.63) is 63.9 Å². The lowest BCUT2D eigenvalue weighted by molar-refractivity contribution is -0.115. The SMILES string of the molecule is COc1ccc(C2CCCCC2)c2c1cc1n2CC2=C(C(=O)NS(=O)(=O)N(C)C)C2=C2C=CC[C@@H](CCl)C21. The number of amides is 1. The highest BCUT2D eigenvalue weighted by atomic mass is 35.5. The Bertz CT molecular complexity index is 1530. The third-order valence-corrected chi connectivity index (χ3v) is 10.5. The smallest absolute Gasteiger partial charge is 0.303 e. The van der Waals surface area contributed by atoms with E-state index in [4.69, 9.17) is 16.3 Å². The standard InChI is InChI=1S/C29H34ClN3O4S/c1-32(2)38(35,36)31-29(34)27-22-16-33-23(25-18(15-30)10-7-11-20(25)26(22)27)14-21-24(37-3)13-12-19(28(21)33)17-8-5-4-6-9-17/h7,11-14,17-18,25H,4-6,8-10,15-16H2,1-3H3,(H,31,34)/t18-,25?/m0/s1. The number of aromatic nitrogens is 1. The second-order valence-electron chi connectivity index (χ2n) is 11.0. The third-order valence-electron chi connectivity index (χ3n) is 8.73. The molecule has 1 fully saturated rings. The third kappa shape index (κ3) is 4.03. The van der Waals surface area contributed by atoms with E-state index in [0.717, 1.165) is 38.6 Å². The van der Waals surface area contributed by atoms with Crippen molar-refractivity contribution in [2.24, 2.45) is 5.92 Å². The number of hydrogen-bond donors (Lipinski definition) is 1. The number of nitrogens with one attached hydrogen (secondary N) is 1. The van der Waals surface area contributed by atoms with Gasteiger partial charge in [-0.3, -0.25) is 4.79 Å². The lowest BCUT2D eigenvalue weighted by Gasteiger charge is -2.30. The van der Waals surface area contributed by atoms with Gasteiger partial charge in [0.1, 0.15) is 5.75 Å². The molecule has 0 spiro atoms. The van der Waals surface area contributed by atoms with Crippen LogP contribution in [0.2, 0.25) is 0 Å². The molecule has 2 heterocycles. The van der Waals surface area contributed by atoms with Crippen molar-refractivity contribution in [1.82, 2.24) is 13.6 Å². The summed E-state index contributed by atoms with van der Waals surface area (Å²) in [5, 5.41) is 1.10. The minimum Gasteiger partial charge on any atom is -0.496 e. The number of nitrogens with zero attached hydrogens (tertiary/aromatic N) is 2. The van der Waals surface area contributed by atoms with Crippen molar-refractivity contribution in [2.75, 3.05) is 27.1 Å². The van der Waals surface area contributed by atoms with Crippen molar-refractivity contribution in [3.63, 3.8) is 0 Å². The molecular formula is C29H34ClN3O4S. The Balaban J connectivity index is 1.55. The van der Waals surface area contributed by atoms with E-state index < -0.39 is 16.1 Å². The molecule has 3 aliphatic carbocycles. The van der Waals surface area contributed by atoms with E-state index in [0.29, 0.717) is 23.9 Å². The first-order valence-corrected chi connectivity index (χ1v) is 15.4. The minimum absolute atomic E-state index is 0.0112. The Hall–Kier alpha value is -2.55. The van der Waals surface area contributed by atoms with Gasteiger partial charge in [0.25, 0.3) is 5.91 Å². The van der Waals surface area contributed by atoms with Crippen molar-refractivity contribution in [1.29, 1.82) is 0 Å². The van der Waals surface area contributed by atoms with Crippen LogP contribution in [0.1, 0.15) is 61.6 Å². The zero-order valence-electron chi connectivity index (χ0n) is 22.1. The maximum atomic E-state index is 13.3. The van der Waals surface area contributed by atoms with E-state index in [1.807, 2.05) is 0 Å². The number of hydrogen-bond acceptors (Lipinski definition) is 4. The molecule has 1 aromatic heterocycles. The molecule has 1 N–H and O–H groups in total. The highest BCUT2D eigenvalue weighted by Gasteiger charge is 2.46. The molecule has 1 aromatic carbocycles. The van der Waals surface area contributed by atoms with E-state index in [2.05, 4.69) is 39.6 Å². The van der Waals surface area contributed by atoms with E-state index >= 15 is 0 Å². The predicted molar refractivity (Wildman–Crippen MR) is 150 cm³/mol. The van der Waals surface area contributed by atoms with E-state index in [1.54, 1.807) is 7.11 Å². The molecule has 202 valence electrons. The number of rotatable bonds is 6. The van der Waals surface area contributed by atoms with Crippen LogP contribution in [-0.2, 0) is 21.5 Å². The van der Waals surface area contributed by atoms with Crippen LogP contribution in [-0.4, -0.2) is 50.3 Å². The van der Waals surface area contributed by atoms with Gasteiger partial charge in [0.05, 0.1) is 18.2 Å². The largest absolute Gasteiger partial charge is 0.496 e. The van der Waals surface area contributed by atoms with Gasteiger partial charge in [-0.15, -0.1) is 11.6 Å². The van der Waals surface area contributed by atoms with Crippen molar-refractivity contribution in [2.45, 2.75) is 56.9 Å². The molecule has 6 rings (SSSR count). The summed E-state index contributed by atoms with van der Waals surface area (Å²) in [6.07, 6.45) is 11.2. The Kier molecular flexibility index (Phi) is 6.48. The average molecular weight is 556 g/mol. The van der Waals surface area contributed by atoms with Crippen molar-refractivity contribution >= 4 is 38.6 Å². The second kappa shape index (κ2) is 9.57. The van der Waals surface area contributed by atoms with Crippen molar-refractivity contribution in [3.8, 4) is 5.75 Å². The summed E-state index contributed by atoms with van der Waals surface area (Å²) in [6.45, 7) is 0.522. The van der Waals surface area contributed by atoms with Crippen molar-refractivity contribution < 1.29 is 17.9 Å². The lowest BCUT2D eigenvalue weighted by Crippen LogP contribution is -2.39. The van der Waals surface area contributed by atoms with Gasteiger partial charge in [-0.1, -0.05) is 37.5 Å². The number of fused-ring (bicyclic) bond motifs is 6. The van der Waals surface area contributed by atoms with Crippen LogP contribution in [0.3, 0.4) is 0 Å². The number of halogens is 1. The zero-order valence-corrected chi connectivity index (χ0v) is 23.7. The summed E-state index contributed by atoms with van der Waals surface area (Å²) in [4.78, 5) is 13.3. The zero-order chi connectivity index (χ0) is 26.8. The summed E-state index contributed by atoms with van der Waals surface area (Å²) >= 11 is 6.54. The Labute approximate surface area is 229 Å². The van der Waals surface area contributed by atoms with Crippen LogP contribution in [0, 0.1) is 5.92 Å². The summed E-state index contributed by atoms with van der Waals surface area (Å²) < 4.78 is 36.4. The quantitative estimate of drug-likeness (QED) is 0.501. The molecule has 2 aromatic rings. The second-order valence-corrected chi connectivity index (χ2v) is 13.2. The monoisotopic (exact) mass is 555 g/mol. The van der Waals surface area contributed by atoms with Gasteiger partial charge in [-0.25, -0.2) is 4.72 Å². The van der Waals surface area contributed by atoms with Gasteiger partial charge < -0.3 is 9.30 Å². The average Bonchev–Trinajstić information content (AvgIpc) is 3.54. The number of alkyl halides is 1. The topological polar surface area (TPSA) is 80.6 Å². The van der Waals surface area contributed by atoms with Crippen LogP contribution >= 0.6 is 11.6 Å². The Morgan fingerprint density at radius 3 is 2.66 bits per heavy atom. The van der Waals surface area contributed by atoms with Crippen LogP contribution < -0.4 is 9.46 Å². The Morgan fingerprint density at radius 1 is 1.21 bits per heavy atom. The first-order chi connectivity index (χ1) is 18.3. The number of benzene rings is 1. The minimum atomic E-state index is -3.90. The maximum Gasteiger partial charge on any atom is 0.303 e. The fraction of sp³-hybridized carbons (Fsp3) is 0.483.